The van der Waals surface area contributed by atoms with E-state index in [9.17, 15) is 5.11 Å². The third kappa shape index (κ3) is 2.74. The molecule has 0 bridgehead atoms. The molecule has 3 N–H and O–H groups in total. The lowest BCUT2D eigenvalue weighted by Gasteiger charge is -2.10. The normalized spacial score (nSPS) is 10.5. The van der Waals surface area contributed by atoms with Crippen LogP contribution in [-0.4, -0.2) is 11.7 Å². The molecule has 14 heavy (non-hydrogen) atoms. The van der Waals surface area contributed by atoms with Crippen LogP contribution in [0.15, 0.2) is 12.1 Å². The molecule has 0 aliphatic heterocycles. The van der Waals surface area contributed by atoms with Gasteiger partial charge in [-0.05, 0) is 68.5 Å². The van der Waals surface area contributed by atoms with E-state index in [1.807, 2.05) is 26.0 Å². The highest BCUT2D eigenvalue weighted by Gasteiger charge is 2.03. The van der Waals surface area contributed by atoms with Gasteiger partial charge in [-0.1, -0.05) is 0 Å². The first-order chi connectivity index (χ1) is 6.65. The zero-order chi connectivity index (χ0) is 10.6. The summed E-state index contributed by atoms with van der Waals surface area (Å²) < 4.78 is 0. The molecule has 0 amide bonds. The van der Waals surface area contributed by atoms with Gasteiger partial charge in [-0.25, -0.2) is 0 Å². The molecule has 0 radical (unpaired) electrons. The van der Waals surface area contributed by atoms with Crippen LogP contribution < -0.4 is 5.73 Å². The number of unbranched alkanes of at least 4 members (excludes halogenated alkanes) is 1. The van der Waals surface area contributed by atoms with Gasteiger partial charge in [0.15, 0.2) is 0 Å². The van der Waals surface area contributed by atoms with Gasteiger partial charge in [-0.15, -0.1) is 0 Å². The fourth-order valence-electron chi connectivity index (χ4n) is 1.81. The van der Waals surface area contributed by atoms with Crippen molar-refractivity contribution < 1.29 is 5.11 Å². The van der Waals surface area contributed by atoms with Crippen LogP contribution in [0.5, 0.6) is 5.75 Å². The standard InChI is InChI=1S/C12H19NO/c1-9-7-11(14)8-10(2)12(9)5-3-4-6-13/h7-8,14H,3-6,13H2,1-2H3. The predicted molar refractivity (Wildman–Crippen MR) is 59.6 cm³/mol. The molecule has 0 heterocycles. The summed E-state index contributed by atoms with van der Waals surface area (Å²) in [6, 6.07) is 3.65. The predicted octanol–water partition coefficient (Wildman–Crippen LogP) is 2.29. The van der Waals surface area contributed by atoms with Gasteiger partial charge in [0.2, 0.25) is 0 Å². The number of benzene rings is 1. The molecule has 0 saturated heterocycles. The van der Waals surface area contributed by atoms with E-state index >= 15 is 0 Å². The minimum Gasteiger partial charge on any atom is -0.508 e. The third-order valence-corrected chi connectivity index (χ3v) is 2.56. The van der Waals surface area contributed by atoms with Gasteiger partial charge >= 0.3 is 0 Å². The van der Waals surface area contributed by atoms with Crippen molar-refractivity contribution in [2.24, 2.45) is 5.73 Å². The molecule has 1 aromatic carbocycles. The summed E-state index contributed by atoms with van der Waals surface area (Å²) in [7, 11) is 0. The van der Waals surface area contributed by atoms with Crippen LogP contribution in [-0.2, 0) is 6.42 Å². The summed E-state index contributed by atoms with van der Waals surface area (Å²) in [5.74, 6) is 0.363. The zero-order valence-corrected chi connectivity index (χ0v) is 9.01. The molecule has 78 valence electrons. The maximum absolute atomic E-state index is 9.37. The van der Waals surface area contributed by atoms with Crippen LogP contribution in [0.25, 0.3) is 0 Å². The Balaban J connectivity index is 2.75. The second-order valence-corrected chi connectivity index (χ2v) is 3.80. The van der Waals surface area contributed by atoms with Crippen LogP contribution in [0.4, 0.5) is 0 Å². The molecule has 0 aliphatic carbocycles. The van der Waals surface area contributed by atoms with Crippen molar-refractivity contribution in [3.05, 3.63) is 28.8 Å². The Kier molecular flexibility index (Phi) is 3.96. The van der Waals surface area contributed by atoms with Gasteiger partial charge in [0.25, 0.3) is 0 Å². The highest BCUT2D eigenvalue weighted by atomic mass is 16.3. The Morgan fingerprint density at radius 1 is 1.14 bits per heavy atom. The molecule has 1 aromatic rings. The molecular weight excluding hydrogens is 174 g/mol. The highest BCUT2D eigenvalue weighted by Crippen LogP contribution is 2.22. The van der Waals surface area contributed by atoms with Crippen LogP contribution in [0, 0.1) is 13.8 Å². The molecular formula is C12H19NO. The minimum atomic E-state index is 0.363. The van der Waals surface area contributed by atoms with Gasteiger partial charge in [-0.3, -0.25) is 0 Å². The Morgan fingerprint density at radius 2 is 1.71 bits per heavy atom. The molecule has 1 rings (SSSR count). The molecule has 0 fully saturated rings. The maximum atomic E-state index is 9.37. The number of aryl methyl sites for hydroxylation is 2. The Morgan fingerprint density at radius 3 is 2.21 bits per heavy atom. The minimum absolute atomic E-state index is 0.363. The van der Waals surface area contributed by atoms with Crippen LogP contribution >= 0.6 is 0 Å². The van der Waals surface area contributed by atoms with Crippen molar-refractivity contribution in [2.75, 3.05) is 6.54 Å². The van der Waals surface area contributed by atoms with Gasteiger partial charge in [0, 0.05) is 0 Å². The first kappa shape index (κ1) is 11.1. The quantitative estimate of drug-likeness (QED) is 0.721. The first-order valence-corrected chi connectivity index (χ1v) is 5.14. The molecule has 2 heteroatoms. The van der Waals surface area contributed by atoms with E-state index < -0.39 is 0 Å². The van der Waals surface area contributed by atoms with Gasteiger partial charge < -0.3 is 10.8 Å². The molecule has 0 aromatic heterocycles. The monoisotopic (exact) mass is 193 g/mol. The third-order valence-electron chi connectivity index (χ3n) is 2.56. The van der Waals surface area contributed by atoms with E-state index in [0.717, 1.165) is 25.8 Å². The van der Waals surface area contributed by atoms with Crippen molar-refractivity contribution >= 4 is 0 Å². The number of aromatic hydroxyl groups is 1. The number of nitrogens with two attached hydrogens (primary N) is 1. The molecule has 2 nitrogen and oxygen atoms in total. The van der Waals surface area contributed by atoms with E-state index in [1.54, 1.807) is 0 Å². The van der Waals surface area contributed by atoms with Gasteiger partial charge in [0.05, 0.1) is 0 Å². The molecule has 0 spiro atoms. The van der Waals surface area contributed by atoms with E-state index in [-0.39, 0.29) is 0 Å². The summed E-state index contributed by atoms with van der Waals surface area (Å²) in [5, 5.41) is 9.37. The number of hydrogen-bond acceptors (Lipinski definition) is 2. The Labute approximate surface area is 85.8 Å². The number of hydrogen-bond donors (Lipinski definition) is 2. The van der Waals surface area contributed by atoms with Crippen molar-refractivity contribution in [1.29, 1.82) is 0 Å². The summed E-state index contributed by atoms with van der Waals surface area (Å²) in [5.41, 5.74) is 9.17. The second-order valence-electron chi connectivity index (χ2n) is 3.80. The average molecular weight is 193 g/mol. The first-order valence-electron chi connectivity index (χ1n) is 5.14. The van der Waals surface area contributed by atoms with Crippen molar-refractivity contribution in [2.45, 2.75) is 33.1 Å². The topological polar surface area (TPSA) is 46.2 Å². The maximum Gasteiger partial charge on any atom is 0.116 e. The number of phenolic OH excluding ortho intramolecular Hbond substituents is 1. The largest absolute Gasteiger partial charge is 0.508 e. The summed E-state index contributed by atoms with van der Waals surface area (Å²) in [6.07, 6.45) is 3.26. The van der Waals surface area contributed by atoms with E-state index in [0.29, 0.717) is 5.75 Å². The van der Waals surface area contributed by atoms with E-state index in [1.165, 1.54) is 16.7 Å². The van der Waals surface area contributed by atoms with Gasteiger partial charge in [0.1, 0.15) is 5.75 Å². The fourth-order valence-corrected chi connectivity index (χ4v) is 1.81. The van der Waals surface area contributed by atoms with Gasteiger partial charge in [-0.2, -0.15) is 0 Å². The molecule has 0 aliphatic rings. The van der Waals surface area contributed by atoms with Crippen molar-refractivity contribution in [3.63, 3.8) is 0 Å². The SMILES string of the molecule is Cc1cc(O)cc(C)c1CCCCN. The molecule has 0 saturated carbocycles. The lowest BCUT2D eigenvalue weighted by atomic mass is 9.97. The lowest BCUT2D eigenvalue weighted by molar-refractivity contribution is 0.474. The van der Waals surface area contributed by atoms with Crippen LogP contribution in [0.1, 0.15) is 29.5 Å². The molecule has 0 unspecified atom stereocenters. The average Bonchev–Trinajstić information content (AvgIpc) is 2.09. The lowest BCUT2D eigenvalue weighted by Crippen LogP contribution is -2.00. The fraction of sp³-hybridized carbons (Fsp3) is 0.500. The number of phenols is 1. The van der Waals surface area contributed by atoms with E-state index in [2.05, 4.69) is 0 Å². The highest BCUT2D eigenvalue weighted by molar-refractivity contribution is 5.40. The van der Waals surface area contributed by atoms with Crippen molar-refractivity contribution in [3.8, 4) is 5.75 Å². The van der Waals surface area contributed by atoms with Crippen molar-refractivity contribution in [1.82, 2.24) is 0 Å². The smallest absolute Gasteiger partial charge is 0.116 e. The molecule has 0 atom stereocenters. The summed E-state index contributed by atoms with van der Waals surface area (Å²) in [6.45, 7) is 4.85. The van der Waals surface area contributed by atoms with E-state index in [4.69, 9.17) is 5.73 Å². The summed E-state index contributed by atoms with van der Waals surface area (Å²) >= 11 is 0. The summed E-state index contributed by atoms with van der Waals surface area (Å²) in [4.78, 5) is 0. The zero-order valence-electron chi connectivity index (χ0n) is 9.01. The number of rotatable bonds is 4. The Hall–Kier alpha value is -1.02. The second kappa shape index (κ2) is 5.01. The Bertz CT molecular complexity index is 284. The van der Waals surface area contributed by atoms with Crippen LogP contribution in [0.3, 0.4) is 0 Å². The van der Waals surface area contributed by atoms with Crippen LogP contribution in [0.2, 0.25) is 0 Å².